The topological polar surface area (TPSA) is 18.5 Å². The second-order valence-corrected chi connectivity index (χ2v) is 12.4. The fourth-order valence-corrected chi connectivity index (χ4v) is 7.79. The normalized spacial score (nSPS) is 12.6. The number of hydrogen-bond donors (Lipinski definition) is 0. The summed E-state index contributed by atoms with van der Waals surface area (Å²) in [5.74, 6) is 3.51. The summed E-state index contributed by atoms with van der Waals surface area (Å²) >= 11 is 0. The minimum Gasteiger partial charge on any atom is -0.458 e. The maximum atomic E-state index is 6.84. The van der Waals surface area contributed by atoms with Gasteiger partial charge in [0.05, 0.1) is 0 Å². The lowest BCUT2D eigenvalue weighted by molar-refractivity contribution is 0.465. The quantitative estimate of drug-likeness (QED) is 0.149. The van der Waals surface area contributed by atoms with E-state index in [4.69, 9.17) is 9.47 Å². The van der Waals surface area contributed by atoms with E-state index in [9.17, 15) is 0 Å². The molecule has 0 spiro atoms. The van der Waals surface area contributed by atoms with Crippen molar-refractivity contribution >= 4 is 44.6 Å². The van der Waals surface area contributed by atoms with E-state index in [1.165, 1.54) is 43.8 Å². The Balaban J connectivity index is 1.27. The lowest BCUT2D eigenvalue weighted by Crippen LogP contribution is -2.57. The van der Waals surface area contributed by atoms with Crippen LogP contribution in [0.5, 0.6) is 23.0 Å². The largest absolute Gasteiger partial charge is 0.458 e. The highest BCUT2D eigenvalue weighted by Crippen LogP contribution is 2.46. The molecule has 8 aromatic rings. The van der Waals surface area contributed by atoms with E-state index in [0.717, 1.165) is 50.5 Å². The number of fused-ring (bicyclic) bond motifs is 6. The first-order valence-corrected chi connectivity index (χ1v) is 16.1. The Kier molecular flexibility index (Phi) is 5.70. The molecule has 0 radical (unpaired) electrons. The molecule has 0 unspecified atom stereocenters. The molecule has 0 bridgehead atoms. The Morgan fingerprint density at radius 1 is 0.362 bits per heavy atom. The van der Waals surface area contributed by atoms with E-state index in [1.54, 1.807) is 0 Å². The lowest BCUT2D eigenvalue weighted by atomic mass is 9.34. The summed E-state index contributed by atoms with van der Waals surface area (Å²) in [7, 11) is 0. The van der Waals surface area contributed by atoms with Crippen LogP contribution in [0, 0.1) is 0 Å². The van der Waals surface area contributed by atoms with Crippen LogP contribution >= 0.6 is 0 Å². The molecule has 0 saturated carbocycles. The highest BCUT2D eigenvalue weighted by molar-refractivity contribution is 6.98. The van der Waals surface area contributed by atoms with Crippen molar-refractivity contribution in [2.24, 2.45) is 0 Å². The smallest absolute Gasteiger partial charge is 0.260 e. The summed E-state index contributed by atoms with van der Waals surface area (Å²) in [4.78, 5) is 0. The fraction of sp³-hybridized carbons (Fsp3) is 0. The first kappa shape index (κ1) is 26.2. The lowest BCUT2D eigenvalue weighted by Gasteiger charge is -2.34. The molecule has 2 aliphatic heterocycles. The van der Waals surface area contributed by atoms with Gasteiger partial charge in [0.2, 0.25) is 0 Å². The van der Waals surface area contributed by atoms with E-state index >= 15 is 0 Å². The highest BCUT2D eigenvalue weighted by atomic mass is 16.5. The van der Waals surface area contributed by atoms with Gasteiger partial charge in [-0.05, 0) is 90.6 Å². The monoisotopic (exact) mass is 598 g/mol. The van der Waals surface area contributed by atoms with E-state index in [0.29, 0.717) is 0 Å². The molecule has 8 aromatic carbocycles. The summed E-state index contributed by atoms with van der Waals surface area (Å²) < 4.78 is 13.3. The van der Waals surface area contributed by atoms with Gasteiger partial charge in [0.1, 0.15) is 23.0 Å². The average molecular weight is 599 g/mol. The van der Waals surface area contributed by atoms with Crippen molar-refractivity contribution < 1.29 is 9.47 Å². The van der Waals surface area contributed by atoms with E-state index in [2.05, 4.69) is 158 Å². The van der Waals surface area contributed by atoms with E-state index < -0.39 is 0 Å². The molecule has 2 aliphatic rings. The molecule has 3 heteroatoms. The molecule has 0 atom stereocenters. The van der Waals surface area contributed by atoms with Crippen molar-refractivity contribution in [2.45, 2.75) is 0 Å². The number of para-hydroxylation sites is 2. The Morgan fingerprint density at radius 2 is 0.894 bits per heavy atom. The van der Waals surface area contributed by atoms with Crippen LogP contribution in [0.1, 0.15) is 0 Å². The molecule has 0 aromatic heterocycles. The zero-order valence-corrected chi connectivity index (χ0v) is 25.5. The second kappa shape index (κ2) is 10.2. The predicted molar refractivity (Wildman–Crippen MR) is 195 cm³/mol. The van der Waals surface area contributed by atoms with Gasteiger partial charge in [-0.3, -0.25) is 0 Å². The molecule has 2 heterocycles. The molecule has 2 nitrogen and oxygen atoms in total. The second-order valence-electron chi connectivity index (χ2n) is 12.4. The summed E-state index contributed by atoms with van der Waals surface area (Å²) in [6.45, 7) is 0.0313. The van der Waals surface area contributed by atoms with Crippen LogP contribution < -0.4 is 25.9 Å². The first-order valence-electron chi connectivity index (χ1n) is 16.1. The third kappa shape index (κ3) is 3.93. The summed E-state index contributed by atoms with van der Waals surface area (Å²) in [5.41, 5.74) is 10.5. The molecule has 47 heavy (non-hydrogen) atoms. The van der Waals surface area contributed by atoms with Gasteiger partial charge in [-0.25, -0.2) is 0 Å². The van der Waals surface area contributed by atoms with E-state index in [-0.39, 0.29) is 6.71 Å². The van der Waals surface area contributed by atoms with Gasteiger partial charge in [-0.2, -0.15) is 0 Å². The fourth-order valence-electron chi connectivity index (χ4n) is 7.79. The molecule has 0 aliphatic carbocycles. The van der Waals surface area contributed by atoms with Crippen molar-refractivity contribution in [1.82, 2.24) is 0 Å². The molecule has 0 saturated heterocycles. The Bertz CT molecular complexity index is 2510. The average Bonchev–Trinajstić information content (AvgIpc) is 3.14. The zero-order chi connectivity index (χ0) is 30.9. The third-order valence-corrected chi connectivity index (χ3v) is 9.80. The molecule has 218 valence electrons. The molecular formula is C44H27BO2. The van der Waals surface area contributed by atoms with Gasteiger partial charge < -0.3 is 9.47 Å². The van der Waals surface area contributed by atoms with Crippen LogP contribution in [0.2, 0.25) is 0 Å². The minimum absolute atomic E-state index is 0.0313. The maximum Gasteiger partial charge on any atom is 0.260 e. The molecule has 10 rings (SSSR count). The standard InChI is InChI=1S/C44H27BO2/c1-3-13-28(14-4-1)41-32-17-7-8-18-33(32)42(29-15-5-2-6-16-29)35-27-30(23-24-34(35)41)31-25-26-40-43-44(31)47-39-22-12-10-20-37(39)45(43)36-19-9-11-21-38(36)46-40/h1-27H. The van der Waals surface area contributed by atoms with Crippen molar-refractivity contribution in [2.75, 3.05) is 0 Å². The number of benzene rings is 8. The number of hydrogen-bond acceptors (Lipinski definition) is 2. The van der Waals surface area contributed by atoms with Gasteiger partial charge in [-0.1, -0.05) is 133 Å². The third-order valence-electron chi connectivity index (χ3n) is 9.80. The molecule has 0 amide bonds. The van der Waals surface area contributed by atoms with Crippen LogP contribution in [-0.4, -0.2) is 6.71 Å². The Labute approximate surface area is 273 Å². The van der Waals surface area contributed by atoms with Gasteiger partial charge in [0.25, 0.3) is 6.71 Å². The molecule has 0 fully saturated rings. The Morgan fingerprint density at radius 3 is 1.55 bits per heavy atom. The van der Waals surface area contributed by atoms with E-state index in [1.807, 2.05) is 6.07 Å². The maximum absolute atomic E-state index is 6.84. The highest BCUT2D eigenvalue weighted by Gasteiger charge is 2.40. The van der Waals surface area contributed by atoms with Crippen LogP contribution in [-0.2, 0) is 0 Å². The first-order chi connectivity index (χ1) is 23.3. The Hall–Kier alpha value is -6.06. The minimum atomic E-state index is 0.0313. The molecule has 0 N–H and O–H groups in total. The van der Waals surface area contributed by atoms with Crippen molar-refractivity contribution in [1.29, 1.82) is 0 Å². The van der Waals surface area contributed by atoms with Crippen LogP contribution in [0.15, 0.2) is 164 Å². The van der Waals surface area contributed by atoms with Crippen molar-refractivity contribution in [3.8, 4) is 56.4 Å². The summed E-state index contributed by atoms with van der Waals surface area (Å²) in [6, 6.07) is 58.4. The zero-order valence-electron chi connectivity index (χ0n) is 25.5. The van der Waals surface area contributed by atoms with Crippen LogP contribution in [0.25, 0.3) is 54.9 Å². The summed E-state index contributed by atoms with van der Waals surface area (Å²) in [6.07, 6.45) is 0. The summed E-state index contributed by atoms with van der Waals surface area (Å²) in [5, 5.41) is 4.93. The van der Waals surface area contributed by atoms with Gasteiger partial charge >= 0.3 is 0 Å². The predicted octanol–water partition coefficient (Wildman–Crippen LogP) is 9.72. The van der Waals surface area contributed by atoms with Gasteiger partial charge in [0.15, 0.2) is 0 Å². The van der Waals surface area contributed by atoms with Gasteiger partial charge in [-0.15, -0.1) is 0 Å². The number of rotatable bonds is 3. The van der Waals surface area contributed by atoms with Crippen LogP contribution in [0.4, 0.5) is 0 Å². The number of ether oxygens (including phenoxy) is 2. The van der Waals surface area contributed by atoms with Crippen molar-refractivity contribution in [3.05, 3.63) is 164 Å². The van der Waals surface area contributed by atoms with Gasteiger partial charge in [0, 0.05) is 11.0 Å². The van der Waals surface area contributed by atoms with Crippen molar-refractivity contribution in [3.63, 3.8) is 0 Å². The SMILES string of the molecule is c1ccc(-c2c3ccccc3c(-c3ccccc3)c3cc(-c4ccc5c6c4Oc4ccccc4B6c4ccccc4O5)ccc23)cc1. The molecular weight excluding hydrogens is 571 g/mol. The van der Waals surface area contributed by atoms with Crippen LogP contribution in [0.3, 0.4) is 0 Å².